The van der Waals surface area contributed by atoms with Gasteiger partial charge in [0.2, 0.25) is 5.78 Å². The Kier molecular flexibility index (Phi) is 2.06. The van der Waals surface area contributed by atoms with Crippen LogP contribution in [0.1, 0.15) is 17.6 Å². The van der Waals surface area contributed by atoms with E-state index in [1.165, 1.54) is 6.92 Å². The van der Waals surface area contributed by atoms with Gasteiger partial charge in [0.05, 0.1) is 0 Å². The first-order chi connectivity index (χ1) is 6.77. The second-order valence-corrected chi connectivity index (χ2v) is 2.68. The van der Waals surface area contributed by atoms with Gasteiger partial charge >= 0.3 is 0 Å². The lowest BCUT2D eigenvalue weighted by atomic mass is 10.3. The van der Waals surface area contributed by atoms with Crippen molar-refractivity contribution in [2.24, 2.45) is 0 Å². The summed E-state index contributed by atoms with van der Waals surface area (Å²) in [7, 11) is 0. The van der Waals surface area contributed by atoms with Crippen molar-refractivity contribution in [2.75, 3.05) is 0 Å². The molecule has 0 aromatic carbocycles. The number of pyridine rings is 1. The number of aromatic nitrogens is 3. The zero-order valence-corrected chi connectivity index (χ0v) is 7.47. The fourth-order valence-electron chi connectivity index (χ4n) is 0.958. The molecule has 2 rings (SSSR count). The lowest BCUT2D eigenvalue weighted by molar-refractivity contribution is 0.0981. The third kappa shape index (κ3) is 1.52. The molecule has 0 bridgehead atoms. The second-order valence-electron chi connectivity index (χ2n) is 2.68. The molecule has 0 aliphatic carbocycles. The van der Waals surface area contributed by atoms with E-state index in [4.69, 9.17) is 4.42 Å². The molecule has 0 aliphatic rings. The Morgan fingerprint density at radius 1 is 1.36 bits per heavy atom. The molecule has 2 aromatic rings. The molecule has 5 heteroatoms. The monoisotopic (exact) mass is 189 g/mol. The molecule has 0 radical (unpaired) electrons. The van der Waals surface area contributed by atoms with Gasteiger partial charge in [0, 0.05) is 13.1 Å². The molecule has 70 valence electrons. The van der Waals surface area contributed by atoms with Gasteiger partial charge in [0.25, 0.3) is 11.8 Å². The average molecular weight is 189 g/mol. The second kappa shape index (κ2) is 3.37. The van der Waals surface area contributed by atoms with Crippen LogP contribution in [0, 0.1) is 0 Å². The van der Waals surface area contributed by atoms with Crippen molar-refractivity contribution < 1.29 is 9.21 Å². The Morgan fingerprint density at radius 3 is 2.79 bits per heavy atom. The SMILES string of the molecule is CC(=O)c1nnc(-c2ccccn2)o1. The number of carbonyl (C=O) groups is 1. The fraction of sp³-hybridized carbons (Fsp3) is 0.111. The summed E-state index contributed by atoms with van der Waals surface area (Å²) >= 11 is 0. The average Bonchev–Trinajstić information content (AvgIpc) is 2.68. The van der Waals surface area contributed by atoms with Gasteiger partial charge in [-0.2, -0.15) is 0 Å². The summed E-state index contributed by atoms with van der Waals surface area (Å²) in [5, 5.41) is 7.29. The topological polar surface area (TPSA) is 68.9 Å². The first kappa shape index (κ1) is 8.55. The smallest absolute Gasteiger partial charge is 0.284 e. The van der Waals surface area contributed by atoms with Crippen LogP contribution in [0.5, 0.6) is 0 Å². The van der Waals surface area contributed by atoms with Crippen LogP contribution >= 0.6 is 0 Å². The molecule has 0 N–H and O–H groups in total. The molecule has 0 spiro atoms. The minimum atomic E-state index is -0.250. The zero-order valence-electron chi connectivity index (χ0n) is 7.47. The molecule has 0 aliphatic heterocycles. The Bertz CT molecular complexity index is 450. The van der Waals surface area contributed by atoms with Crippen molar-refractivity contribution >= 4 is 5.78 Å². The van der Waals surface area contributed by atoms with E-state index in [1.807, 2.05) is 0 Å². The van der Waals surface area contributed by atoms with Gasteiger partial charge in [-0.15, -0.1) is 10.2 Å². The summed E-state index contributed by atoms with van der Waals surface area (Å²) in [6.45, 7) is 1.37. The van der Waals surface area contributed by atoms with E-state index >= 15 is 0 Å². The maximum Gasteiger partial charge on any atom is 0.284 e. The van der Waals surface area contributed by atoms with E-state index in [2.05, 4.69) is 15.2 Å². The van der Waals surface area contributed by atoms with E-state index in [9.17, 15) is 4.79 Å². The Morgan fingerprint density at radius 2 is 2.21 bits per heavy atom. The zero-order chi connectivity index (χ0) is 9.97. The van der Waals surface area contributed by atoms with Crippen LogP contribution in [-0.2, 0) is 0 Å². The van der Waals surface area contributed by atoms with E-state index < -0.39 is 0 Å². The van der Waals surface area contributed by atoms with Crippen LogP contribution < -0.4 is 0 Å². The molecule has 0 saturated carbocycles. The van der Waals surface area contributed by atoms with Crippen molar-refractivity contribution in [3.63, 3.8) is 0 Å². The molecular weight excluding hydrogens is 182 g/mol. The molecule has 0 unspecified atom stereocenters. The minimum Gasteiger partial charge on any atom is -0.412 e. The van der Waals surface area contributed by atoms with E-state index in [-0.39, 0.29) is 17.6 Å². The number of rotatable bonds is 2. The van der Waals surface area contributed by atoms with Crippen LogP contribution in [0.4, 0.5) is 0 Å². The van der Waals surface area contributed by atoms with Gasteiger partial charge in [-0.25, -0.2) is 0 Å². The van der Waals surface area contributed by atoms with Gasteiger partial charge < -0.3 is 4.42 Å². The summed E-state index contributed by atoms with van der Waals surface area (Å²) in [5.41, 5.74) is 0.563. The minimum absolute atomic E-state index is 0.00523. The van der Waals surface area contributed by atoms with Gasteiger partial charge in [0.15, 0.2) is 0 Å². The van der Waals surface area contributed by atoms with Crippen LogP contribution in [0.25, 0.3) is 11.6 Å². The predicted molar refractivity (Wildman–Crippen MR) is 47.5 cm³/mol. The van der Waals surface area contributed by atoms with E-state index in [0.717, 1.165) is 0 Å². The van der Waals surface area contributed by atoms with Crippen molar-refractivity contribution in [3.8, 4) is 11.6 Å². The van der Waals surface area contributed by atoms with Crippen molar-refractivity contribution in [1.82, 2.24) is 15.2 Å². The van der Waals surface area contributed by atoms with E-state index in [1.54, 1.807) is 24.4 Å². The highest BCUT2D eigenvalue weighted by Gasteiger charge is 2.11. The Balaban J connectivity index is 2.39. The highest BCUT2D eigenvalue weighted by molar-refractivity contribution is 5.89. The molecule has 0 fully saturated rings. The number of hydrogen-bond donors (Lipinski definition) is 0. The number of Topliss-reactive ketones (excluding diaryl/α,β-unsaturated/α-hetero) is 1. The molecule has 5 nitrogen and oxygen atoms in total. The standard InChI is InChI=1S/C9H7N3O2/c1-6(13)8-11-12-9(14-8)7-4-2-3-5-10-7/h2-5H,1H3. The summed E-state index contributed by atoms with van der Waals surface area (Å²) < 4.78 is 5.10. The number of hydrogen-bond acceptors (Lipinski definition) is 5. The first-order valence-electron chi connectivity index (χ1n) is 4.03. The maximum absolute atomic E-state index is 10.9. The quantitative estimate of drug-likeness (QED) is 0.666. The molecule has 2 aromatic heterocycles. The van der Waals surface area contributed by atoms with E-state index in [0.29, 0.717) is 5.69 Å². The molecule has 0 atom stereocenters. The van der Waals surface area contributed by atoms with Crippen LogP contribution in [0.3, 0.4) is 0 Å². The molecule has 2 heterocycles. The normalized spacial score (nSPS) is 10.1. The maximum atomic E-state index is 10.9. The lowest BCUT2D eigenvalue weighted by Gasteiger charge is -1.89. The largest absolute Gasteiger partial charge is 0.412 e. The number of ketones is 1. The third-order valence-corrected chi connectivity index (χ3v) is 1.61. The summed E-state index contributed by atoms with van der Waals surface area (Å²) in [4.78, 5) is 14.9. The van der Waals surface area contributed by atoms with Gasteiger partial charge in [0.1, 0.15) is 5.69 Å². The summed E-state index contributed by atoms with van der Waals surface area (Å²) in [6, 6.07) is 5.32. The molecule has 0 saturated heterocycles. The summed E-state index contributed by atoms with van der Waals surface area (Å²) in [5.74, 6) is 0.0149. The lowest BCUT2D eigenvalue weighted by Crippen LogP contribution is -1.90. The first-order valence-corrected chi connectivity index (χ1v) is 4.03. The number of nitrogens with zero attached hydrogens (tertiary/aromatic N) is 3. The van der Waals surface area contributed by atoms with Crippen molar-refractivity contribution in [3.05, 3.63) is 30.3 Å². The van der Waals surface area contributed by atoms with Crippen LogP contribution in [0.15, 0.2) is 28.8 Å². The van der Waals surface area contributed by atoms with Crippen LogP contribution in [0.2, 0.25) is 0 Å². The van der Waals surface area contributed by atoms with Crippen molar-refractivity contribution in [1.29, 1.82) is 0 Å². The predicted octanol–water partition coefficient (Wildman–Crippen LogP) is 1.33. The summed E-state index contributed by atoms with van der Waals surface area (Å²) in [6.07, 6.45) is 1.62. The molecule has 0 amide bonds. The molecular formula is C9H7N3O2. The van der Waals surface area contributed by atoms with Gasteiger partial charge in [-0.05, 0) is 12.1 Å². The van der Waals surface area contributed by atoms with Gasteiger partial charge in [-0.1, -0.05) is 6.07 Å². The highest BCUT2D eigenvalue weighted by Crippen LogP contribution is 2.13. The van der Waals surface area contributed by atoms with Crippen molar-refractivity contribution in [2.45, 2.75) is 6.92 Å². The fourth-order valence-corrected chi connectivity index (χ4v) is 0.958. The van der Waals surface area contributed by atoms with Crippen LogP contribution in [-0.4, -0.2) is 21.0 Å². The Labute approximate surface area is 79.8 Å². The number of carbonyl (C=O) groups excluding carboxylic acids is 1. The molecule has 14 heavy (non-hydrogen) atoms. The highest BCUT2D eigenvalue weighted by atomic mass is 16.4. The van der Waals surface area contributed by atoms with Gasteiger partial charge in [-0.3, -0.25) is 9.78 Å². The third-order valence-electron chi connectivity index (χ3n) is 1.61. The Hall–Kier alpha value is -2.04.